The number of fused-ring (bicyclic) bond motifs is 2. The predicted molar refractivity (Wildman–Crippen MR) is 111 cm³/mol. The van der Waals surface area contributed by atoms with Gasteiger partial charge in [-0.25, -0.2) is 0 Å². The maximum atomic E-state index is 12.9. The third kappa shape index (κ3) is 4.17. The molecule has 0 fully saturated rings. The van der Waals surface area contributed by atoms with Crippen molar-refractivity contribution in [1.29, 1.82) is 0 Å². The van der Waals surface area contributed by atoms with Crippen molar-refractivity contribution >= 4 is 23.5 Å². The number of hydrogen-bond donors (Lipinski definition) is 1. The first-order valence-electron chi connectivity index (χ1n) is 9.86. The molecular formula is C23H20F3NO2S. The highest BCUT2D eigenvalue weighted by Gasteiger charge is 2.32. The van der Waals surface area contributed by atoms with Crippen LogP contribution in [0.3, 0.4) is 0 Å². The van der Waals surface area contributed by atoms with Gasteiger partial charge in [0, 0.05) is 33.9 Å². The molecule has 0 saturated heterocycles. The number of allylic oxidation sites excluding steroid dienone is 5. The van der Waals surface area contributed by atoms with Gasteiger partial charge in [-0.15, -0.1) is 0 Å². The molecule has 1 amide bonds. The molecule has 0 spiro atoms. The number of thioether (sulfide) groups is 1. The second-order valence-corrected chi connectivity index (χ2v) is 8.42. The van der Waals surface area contributed by atoms with E-state index in [1.165, 1.54) is 12.1 Å². The molecular weight excluding hydrogens is 411 g/mol. The molecule has 156 valence electrons. The van der Waals surface area contributed by atoms with Gasteiger partial charge in [0.2, 0.25) is 0 Å². The van der Waals surface area contributed by atoms with Gasteiger partial charge in [-0.2, -0.15) is 13.2 Å². The third-order valence-electron chi connectivity index (χ3n) is 5.30. The van der Waals surface area contributed by atoms with Crippen LogP contribution in [0, 0.1) is 0 Å². The summed E-state index contributed by atoms with van der Waals surface area (Å²) in [5.41, 5.74) is 1.84. The highest BCUT2D eigenvalue weighted by molar-refractivity contribution is 8.07. The van der Waals surface area contributed by atoms with Crippen molar-refractivity contribution in [2.75, 3.05) is 6.54 Å². The van der Waals surface area contributed by atoms with Gasteiger partial charge in [0.1, 0.15) is 0 Å². The number of halogens is 3. The second kappa shape index (κ2) is 8.30. The van der Waals surface area contributed by atoms with E-state index in [-0.39, 0.29) is 17.9 Å². The highest BCUT2D eigenvalue weighted by Crippen LogP contribution is 2.49. The summed E-state index contributed by atoms with van der Waals surface area (Å²) in [5, 5.41) is 2.71. The van der Waals surface area contributed by atoms with Gasteiger partial charge in [-0.05, 0) is 55.0 Å². The summed E-state index contributed by atoms with van der Waals surface area (Å²) < 4.78 is 38.7. The van der Waals surface area contributed by atoms with Crippen LogP contribution in [0.4, 0.5) is 13.2 Å². The van der Waals surface area contributed by atoms with E-state index in [9.17, 15) is 22.8 Å². The standard InChI is InChI=1S/C23H20F3NO2S/c24-23(25,26)15-6-3-5-14(13-15)22(29)27-12-11-17-16-7-1-2-9-19(16)30-20-10-4-8-18(28)21(17)20/h3,5-7,9-10,13H,1-2,4,8,11-12H2,(H,27,29). The molecule has 1 aromatic carbocycles. The average molecular weight is 431 g/mol. The zero-order valence-electron chi connectivity index (χ0n) is 16.1. The zero-order chi connectivity index (χ0) is 21.3. The molecule has 7 heteroatoms. The fourth-order valence-corrected chi connectivity index (χ4v) is 5.18. The summed E-state index contributed by atoms with van der Waals surface area (Å²) in [5.74, 6) is -0.444. The summed E-state index contributed by atoms with van der Waals surface area (Å²) in [6, 6.07) is 4.38. The SMILES string of the molecule is O=C1CCC=C2SC3=CCCC=C3C(CCNC(=O)c3cccc(C(F)(F)F)c3)=C12. The largest absolute Gasteiger partial charge is 0.416 e. The van der Waals surface area contributed by atoms with E-state index in [4.69, 9.17) is 0 Å². The van der Waals surface area contributed by atoms with Crippen molar-refractivity contribution < 1.29 is 22.8 Å². The number of benzene rings is 1. The number of nitrogens with one attached hydrogen (secondary N) is 1. The predicted octanol–water partition coefficient (Wildman–Crippen LogP) is 5.72. The Morgan fingerprint density at radius 1 is 1.07 bits per heavy atom. The number of Topliss-reactive ketones (excluding diaryl/α,β-unsaturated/α-hetero) is 1. The van der Waals surface area contributed by atoms with Gasteiger partial charge in [0.05, 0.1) is 5.56 Å². The van der Waals surface area contributed by atoms with Crippen LogP contribution >= 0.6 is 11.8 Å². The fraction of sp³-hybridized carbons (Fsp3) is 0.304. The van der Waals surface area contributed by atoms with E-state index in [0.717, 1.165) is 57.9 Å². The Hall–Kier alpha value is -2.54. The van der Waals surface area contributed by atoms with Crippen LogP contribution in [0.5, 0.6) is 0 Å². The first-order valence-corrected chi connectivity index (χ1v) is 10.7. The minimum atomic E-state index is -4.50. The van der Waals surface area contributed by atoms with Crippen LogP contribution in [0.2, 0.25) is 0 Å². The molecule has 30 heavy (non-hydrogen) atoms. The number of alkyl halides is 3. The summed E-state index contributed by atoms with van der Waals surface area (Å²) in [6.45, 7) is 0.240. The van der Waals surface area contributed by atoms with Gasteiger partial charge in [-0.1, -0.05) is 36.1 Å². The third-order valence-corrected chi connectivity index (χ3v) is 6.49. The minimum absolute atomic E-state index is 0.0338. The summed E-state index contributed by atoms with van der Waals surface area (Å²) in [4.78, 5) is 27.1. The molecule has 3 nitrogen and oxygen atoms in total. The Morgan fingerprint density at radius 3 is 2.63 bits per heavy atom. The van der Waals surface area contributed by atoms with E-state index in [1.807, 2.05) is 0 Å². The Morgan fingerprint density at radius 2 is 1.83 bits per heavy atom. The molecule has 0 unspecified atom stereocenters. The van der Waals surface area contributed by atoms with E-state index in [2.05, 4.69) is 23.5 Å². The Balaban J connectivity index is 1.52. The second-order valence-electron chi connectivity index (χ2n) is 7.33. The highest BCUT2D eigenvalue weighted by atomic mass is 32.2. The lowest BCUT2D eigenvalue weighted by atomic mass is 9.87. The molecule has 3 aliphatic rings. The lowest BCUT2D eigenvalue weighted by Crippen LogP contribution is -2.26. The smallest absolute Gasteiger partial charge is 0.352 e. The van der Waals surface area contributed by atoms with Crippen molar-refractivity contribution in [1.82, 2.24) is 5.32 Å². The molecule has 0 atom stereocenters. The van der Waals surface area contributed by atoms with Gasteiger partial charge >= 0.3 is 6.18 Å². The number of carbonyl (C=O) groups is 2. The lowest BCUT2D eigenvalue weighted by Gasteiger charge is -2.30. The number of carbonyl (C=O) groups excluding carboxylic acids is 2. The number of ketones is 1. The normalized spacial score (nSPS) is 18.8. The van der Waals surface area contributed by atoms with Crippen molar-refractivity contribution in [2.45, 2.75) is 38.3 Å². The van der Waals surface area contributed by atoms with Crippen LogP contribution in [0.15, 0.2) is 69.0 Å². The first kappa shape index (κ1) is 20.7. The van der Waals surface area contributed by atoms with Crippen molar-refractivity contribution in [2.24, 2.45) is 0 Å². The average Bonchev–Trinajstić information content (AvgIpc) is 2.73. The van der Waals surface area contributed by atoms with Gasteiger partial charge in [0.25, 0.3) is 5.91 Å². The van der Waals surface area contributed by atoms with Crippen LogP contribution in [-0.4, -0.2) is 18.2 Å². The van der Waals surface area contributed by atoms with E-state index >= 15 is 0 Å². The van der Waals surface area contributed by atoms with Gasteiger partial charge < -0.3 is 5.32 Å². The van der Waals surface area contributed by atoms with Gasteiger partial charge in [0.15, 0.2) is 5.78 Å². The molecule has 1 aromatic rings. The van der Waals surface area contributed by atoms with E-state index < -0.39 is 17.6 Å². The molecule has 1 aliphatic heterocycles. The molecule has 0 aromatic heterocycles. The minimum Gasteiger partial charge on any atom is -0.352 e. The maximum absolute atomic E-state index is 12.9. The van der Waals surface area contributed by atoms with Gasteiger partial charge in [-0.3, -0.25) is 9.59 Å². The molecule has 4 rings (SSSR count). The Labute approximate surface area is 176 Å². The molecule has 0 bridgehead atoms. The monoisotopic (exact) mass is 431 g/mol. The van der Waals surface area contributed by atoms with E-state index in [0.29, 0.717) is 12.8 Å². The molecule has 0 radical (unpaired) electrons. The molecule has 1 heterocycles. The Kier molecular flexibility index (Phi) is 5.73. The van der Waals surface area contributed by atoms with E-state index in [1.54, 1.807) is 11.8 Å². The fourth-order valence-electron chi connectivity index (χ4n) is 3.88. The summed E-state index contributed by atoms with van der Waals surface area (Å²) in [6.07, 6.45) is 5.44. The van der Waals surface area contributed by atoms with Crippen LogP contribution in [0.1, 0.15) is 48.0 Å². The number of hydrogen-bond acceptors (Lipinski definition) is 3. The van der Waals surface area contributed by atoms with Crippen molar-refractivity contribution in [3.63, 3.8) is 0 Å². The Bertz CT molecular complexity index is 1030. The molecule has 0 saturated carbocycles. The molecule has 1 N–H and O–H groups in total. The number of rotatable bonds is 4. The zero-order valence-corrected chi connectivity index (χ0v) is 17.0. The number of amides is 1. The van der Waals surface area contributed by atoms with Crippen molar-refractivity contribution in [3.8, 4) is 0 Å². The summed E-state index contributed by atoms with van der Waals surface area (Å²) >= 11 is 1.63. The maximum Gasteiger partial charge on any atom is 0.416 e. The summed E-state index contributed by atoms with van der Waals surface area (Å²) in [7, 11) is 0. The topological polar surface area (TPSA) is 46.2 Å². The first-order chi connectivity index (χ1) is 14.3. The molecule has 2 aliphatic carbocycles. The van der Waals surface area contributed by atoms with Crippen molar-refractivity contribution in [3.05, 3.63) is 80.2 Å². The van der Waals surface area contributed by atoms with Crippen LogP contribution in [0.25, 0.3) is 0 Å². The van der Waals surface area contributed by atoms with Crippen LogP contribution in [-0.2, 0) is 11.0 Å². The lowest BCUT2D eigenvalue weighted by molar-refractivity contribution is -0.137. The van der Waals surface area contributed by atoms with Crippen LogP contribution < -0.4 is 5.32 Å². The quantitative estimate of drug-likeness (QED) is 0.663.